The van der Waals surface area contributed by atoms with Crippen molar-refractivity contribution in [1.82, 2.24) is 0 Å². The average molecular weight is 337 g/mol. The van der Waals surface area contributed by atoms with Gasteiger partial charge in [0.1, 0.15) is 0 Å². The molecule has 0 saturated carbocycles. The minimum Gasteiger partial charge on any atom is -0.381 e. The first-order valence-corrected chi connectivity index (χ1v) is 7.69. The van der Waals surface area contributed by atoms with Crippen LogP contribution in [0.5, 0.6) is 0 Å². The van der Waals surface area contributed by atoms with Crippen LogP contribution in [0.3, 0.4) is 0 Å². The van der Waals surface area contributed by atoms with Crippen molar-refractivity contribution in [2.75, 3.05) is 5.32 Å². The van der Waals surface area contributed by atoms with Gasteiger partial charge in [-0.3, -0.25) is 0 Å². The molecule has 0 atom stereocenters. The first-order valence-electron chi connectivity index (χ1n) is 6.52. The van der Waals surface area contributed by atoms with E-state index >= 15 is 0 Å². The second-order valence-corrected chi connectivity index (χ2v) is 6.20. The molecule has 0 unspecified atom stereocenters. The van der Waals surface area contributed by atoms with Crippen LogP contribution in [0.15, 0.2) is 40.9 Å². The van der Waals surface area contributed by atoms with E-state index in [0.717, 1.165) is 21.7 Å². The summed E-state index contributed by atoms with van der Waals surface area (Å²) in [6, 6.07) is 12.7. The first-order chi connectivity index (χ1) is 9.22. The quantitative estimate of drug-likeness (QED) is 0.812. The average Bonchev–Trinajstić information content (AvgIpc) is 2.87. The molecule has 1 nitrogen and oxygen atoms in total. The lowest BCUT2D eigenvalue weighted by atomic mass is 10.1. The Morgan fingerprint density at radius 1 is 1.05 bits per heavy atom. The number of aryl methyl sites for hydroxylation is 2. The van der Waals surface area contributed by atoms with Gasteiger partial charge in [-0.15, -0.1) is 0 Å². The van der Waals surface area contributed by atoms with Crippen LogP contribution in [0.4, 0.5) is 5.69 Å². The molecule has 1 N–H and O–H groups in total. The van der Waals surface area contributed by atoms with Gasteiger partial charge < -0.3 is 5.32 Å². The molecular formula is C16H15BrClN. The van der Waals surface area contributed by atoms with Crippen molar-refractivity contribution in [2.45, 2.75) is 25.8 Å². The van der Waals surface area contributed by atoms with Crippen LogP contribution < -0.4 is 5.32 Å². The van der Waals surface area contributed by atoms with Crippen LogP contribution in [0.25, 0.3) is 0 Å². The normalized spacial score (nSPS) is 13.4. The third-order valence-electron chi connectivity index (χ3n) is 3.58. The molecule has 3 rings (SSSR count). The van der Waals surface area contributed by atoms with Crippen LogP contribution >= 0.6 is 27.5 Å². The molecule has 3 heteroatoms. The molecule has 2 aromatic carbocycles. The molecule has 98 valence electrons. The highest BCUT2D eigenvalue weighted by atomic mass is 79.9. The lowest BCUT2D eigenvalue weighted by molar-refractivity contribution is 0.911. The van der Waals surface area contributed by atoms with E-state index in [1.807, 2.05) is 18.2 Å². The third kappa shape index (κ3) is 2.96. The van der Waals surface area contributed by atoms with Crippen LogP contribution in [-0.4, -0.2) is 0 Å². The van der Waals surface area contributed by atoms with Crippen LogP contribution in [0.2, 0.25) is 5.02 Å². The zero-order valence-corrected chi connectivity index (χ0v) is 12.9. The molecule has 2 aromatic rings. The van der Waals surface area contributed by atoms with E-state index in [1.54, 1.807) is 0 Å². The maximum atomic E-state index is 5.99. The van der Waals surface area contributed by atoms with Gasteiger partial charge in [-0.25, -0.2) is 0 Å². The summed E-state index contributed by atoms with van der Waals surface area (Å²) in [7, 11) is 0. The molecule has 0 radical (unpaired) electrons. The Bertz CT molecular complexity index is 610. The molecule has 0 aliphatic heterocycles. The SMILES string of the molecule is Clc1ccc(NCc2ccc3c(c2)CCC3)cc1Br. The molecule has 1 aliphatic carbocycles. The maximum absolute atomic E-state index is 5.99. The topological polar surface area (TPSA) is 12.0 Å². The molecular weight excluding hydrogens is 322 g/mol. The number of hydrogen-bond acceptors (Lipinski definition) is 1. The minimum absolute atomic E-state index is 0.739. The van der Waals surface area contributed by atoms with E-state index in [1.165, 1.54) is 36.0 Å². The van der Waals surface area contributed by atoms with Crippen molar-refractivity contribution in [1.29, 1.82) is 0 Å². The third-order valence-corrected chi connectivity index (χ3v) is 4.79. The van der Waals surface area contributed by atoms with Crippen molar-refractivity contribution >= 4 is 33.2 Å². The van der Waals surface area contributed by atoms with E-state index in [9.17, 15) is 0 Å². The highest BCUT2D eigenvalue weighted by Crippen LogP contribution is 2.26. The van der Waals surface area contributed by atoms with Gasteiger partial charge in [0.05, 0.1) is 5.02 Å². The van der Waals surface area contributed by atoms with E-state index in [4.69, 9.17) is 11.6 Å². The van der Waals surface area contributed by atoms with E-state index in [0.29, 0.717) is 0 Å². The summed E-state index contributed by atoms with van der Waals surface area (Å²) >= 11 is 9.43. The molecule has 0 aromatic heterocycles. The van der Waals surface area contributed by atoms with Gasteiger partial charge in [-0.2, -0.15) is 0 Å². The van der Waals surface area contributed by atoms with Crippen LogP contribution in [-0.2, 0) is 19.4 Å². The zero-order valence-electron chi connectivity index (χ0n) is 10.5. The zero-order chi connectivity index (χ0) is 13.2. The summed E-state index contributed by atoms with van der Waals surface area (Å²) in [6.45, 7) is 0.849. The van der Waals surface area contributed by atoms with Gasteiger partial charge in [0, 0.05) is 16.7 Å². The van der Waals surface area contributed by atoms with Gasteiger partial charge >= 0.3 is 0 Å². The predicted octanol–water partition coefficient (Wildman–Crippen LogP) is 5.20. The summed E-state index contributed by atoms with van der Waals surface area (Å²) in [5.74, 6) is 0. The van der Waals surface area contributed by atoms with Crippen molar-refractivity contribution in [3.8, 4) is 0 Å². The van der Waals surface area contributed by atoms with E-state index in [-0.39, 0.29) is 0 Å². The number of rotatable bonds is 3. The second kappa shape index (κ2) is 5.56. The number of fused-ring (bicyclic) bond motifs is 1. The summed E-state index contributed by atoms with van der Waals surface area (Å²) in [4.78, 5) is 0. The summed E-state index contributed by atoms with van der Waals surface area (Å²) in [6.07, 6.45) is 3.78. The van der Waals surface area contributed by atoms with Gasteiger partial charge in [-0.1, -0.05) is 29.8 Å². The monoisotopic (exact) mass is 335 g/mol. The number of benzene rings is 2. The van der Waals surface area contributed by atoms with E-state index < -0.39 is 0 Å². The smallest absolute Gasteiger partial charge is 0.0549 e. The van der Waals surface area contributed by atoms with Crippen molar-refractivity contribution in [3.05, 3.63) is 62.6 Å². The van der Waals surface area contributed by atoms with Crippen molar-refractivity contribution < 1.29 is 0 Å². The number of halogens is 2. The molecule has 0 amide bonds. The largest absolute Gasteiger partial charge is 0.381 e. The van der Waals surface area contributed by atoms with Gasteiger partial charge in [0.25, 0.3) is 0 Å². The minimum atomic E-state index is 0.739. The lowest BCUT2D eigenvalue weighted by Gasteiger charge is -2.09. The number of nitrogens with one attached hydrogen (secondary N) is 1. The molecule has 19 heavy (non-hydrogen) atoms. The Hall–Kier alpha value is -0.990. The fourth-order valence-electron chi connectivity index (χ4n) is 2.55. The standard InChI is InChI=1S/C16H15BrClN/c17-15-9-14(6-7-16(15)18)19-10-11-4-5-12-2-1-3-13(12)8-11/h4-9,19H,1-3,10H2. The van der Waals surface area contributed by atoms with Gasteiger partial charge in [0.2, 0.25) is 0 Å². The Kier molecular flexibility index (Phi) is 3.81. The van der Waals surface area contributed by atoms with Gasteiger partial charge in [0.15, 0.2) is 0 Å². The molecule has 1 aliphatic rings. The molecule has 0 fully saturated rings. The maximum Gasteiger partial charge on any atom is 0.0549 e. The summed E-state index contributed by atoms with van der Waals surface area (Å²) < 4.78 is 0.924. The number of anilines is 1. The highest BCUT2D eigenvalue weighted by molar-refractivity contribution is 9.10. The first kappa shape index (κ1) is 13.0. The van der Waals surface area contributed by atoms with Crippen LogP contribution in [0.1, 0.15) is 23.1 Å². The highest BCUT2D eigenvalue weighted by Gasteiger charge is 2.10. The Labute approximate surface area is 127 Å². The summed E-state index contributed by atoms with van der Waals surface area (Å²) in [5.41, 5.74) is 5.47. The van der Waals surface area contributed by atoms with Crippen LogP contribution in [0, 0.1) is 0 Å². The van der Waals surface area contributed by atoms with Crippen molar-refractivity contribution in [3.63, 3.8) is 0 Å². The summed E-state index contributed by atoms with van der Waals surface area (Å²) in [5, 5.41) is 4.17. The van der Waals surface area contributed by atoms with E-state index in [2.05, 4.69) is 39.4 Å². The fourth-order valence-corrected chi connectivity index (χ4v) is 3.04. The lowest BCUT2D eigenvalue weighted by Crippen LogP contribution is -2.00. The van der Waals surface area contributed by atoms with Crippen molar-refractivity contribution in [2.24, 2.45) is 0 Å². The fraction of sp³-hybridized carbons (Fsp3) is 0.250. The molecule has 0 bridgehead atoms. The Morgan fingerprint density at radius 3 is 2.74 bits per heavy atom. The second-order valence-electron chi connectivity index (χ2n) is 4.94. The Morgan fingerprint density at radius 2 is 1.89 bits per heavy atom. The number of hydrogen-bond donors (Lipinski definition) is 1. The Balaban J connectivity index is 1.70. The molecule has 0 heterocycles. The predicted molar refractivity (Wildman–Crippen MR) is 84.9 cm³/mol. The molecule has 0 spiro atoms. The molecule has 0 saturated heterocycles. The van der Waals surface area contributed by atoms with Gasteiger partial charge in [-0.05, 0) is 70.1 Å².